The first-order valence-corrected chi connectivity index (χ1v) is 5.51. The summed E-state index contributed by atoms with van der Waals surface area (Å²) in [5, 5.41) is 1.16. The summed E-state index contributed by atoms with van der Waals surface area (Å²) in [4.78, 5) is 4.31. The first-order valence-electron chi connectivity index (χ1n) is 3.90. The molecule has 0 fully saturated rings. The second-order valence-electron chi connectivity index (χ2n) is 2.81. The van der Waals surface area contributed by atoms with E-state index in [1.165, 1.54) is 3.57 Å². The lowest BCUT2D eigenvalue weighted by Crippen LogP contribution is -1.84. The molecule has 0 unspecified atom stereocenters. The van der Waals surface area contributed by atoms with Crippen molar-refractivity contribution in [3.05, 3.63) is 39.6 Å². The van der Waals surface area contributed by atoms with Crippen LogP contribution >= 0.6 is 34.2 Å². The van der Waals surface area contributed by atoms with Crippen LogP contribution in [0.4, 0.5) is 0 Å². The minimum Gasteiger partial charge on any atom is -0.256 e. The van der Waals surface area contributed by atoms with Crippen molar-refractivity contribution in [3.63, 3.8) is 0 Å². The molecule has 1 aromatic heterocycles. The standard InChI is InChI=1S/C10H7ClIN/c11-5-7-3-8-4-9(12)1-2-10(8)13-6-7/h1-4,6H,5H2. The Morgan fingerprint density at radius 1 is 1.31 bits per heavy atom. The second-order valence-corrected chi connectivity index (χ2v) is 4.33. The van der Waals surface area contributed by atoms with E-state index >= 15 is 0 Å². The normalized spacial score (nSPS) is 10.6. The number of rotatable bonds is 1. The van der Waals surface area contributed by atoms with Crippen LogP contribution in [0.2, 0.25) is 0 Å². The highest BCUT2D eigenvalue weighted by Crippen LogP contribution is 2.17. The van der Waals surface area contributed by atoms with Gasteiger partial charge in [-0.2, -0.15) is 0 Å². The van der Waals surface area contributed by atoms with Gasteiger partial charge >= 0.3 is 0 Å². The number of hydrogen-bond donors (Lipinski definition) is 0. The largest absolute Gasteiger partial charge is 0.256 e. The number of hydrogen-bond acceptors (Lipinski definition) is 1. The SMILES string of the molecule is ClCc1cnc2ccc(I)cc2c1. The maximum absolute atomic E-state index is 5.73. The molecule has 2 aromatic rings. The van der Waals surface area contributed by atoms with Crippen molar-refractivity contribution in [2.45, 2.75) is 5.88 Å². The zero-order valence-electron chi connectivity index (χ0n) is 6.80. The molecule has 0 spiro atoms. The van der Waals surface area contributed by atoms with Gasteiger partial charge < -0.3 is 0 Å². The first-order chi connectivity index (χ1) is 6.29. The molecule has 0 atom stereocenters. The Morgan fingerprint density at radius 3 is 2.92 bits per heavy atom. The van der Waals surface area contributed by atoms with E-state index in [-0.39, 0.29) is 0 Å². The van der Waals surface area contributed by atoms with E-state index in [1.807, 2.05) is 12.3 Å². The molecule has 0 aliphatic rings. The number of alkyl halides is 1. The van der Waals surface area contributed by atoms with Crippen LogP contribution in [0.5, 0.6) is 0 Å². The number of benzene rings is 1. The molecule has 1 heterocycles. The van der Waals surface area contributed by atoms with Crippen LogP contribution in [-0.2, 0) is 5.88 Å². The summed E-state index contributed by atoms with van der Waals surface area (Å²) < 4.78 is 1.22. The molecular formula is C10H7ClIN. The smallest absolute Gasteiger partial charge is 0.0702 e. The summed E-state index contributed by atoms with van der Waals surface area (Å²) in [7, 11) is 0. The fraction of sp³-hybridized carbons (Fsp3) is 0.100. The van der Waals surface area contributed by atoms with Crippen LogP contribution in [0.25, 0.3) is 10.9 Å². The average Bonchev–Trinajstić information content (AvgIpc) is 2.16. The highest BCUT2D eigenvalue weighted by Gasteiger charge is 1.97. The molecule has 0 aliphatic carbocycles. The Kier molecular flexibility index (Phi) is 2.69. The molecule has 1 aromatic carbocycles. The van der Waals surface area contributed by atoms with Gasteiger partial charge in [0.25, 0.3) is 0 Å². The third kappa shape index (κ3) is 1.94. The third-order valence-electron chi connectivity index (χ3n) is 1.85. The van der Waals surface area contributed by atoms with E-state index in [2.05, 4.69) is 45.8 Å². The Morgan fingerprint density at radius 2 is 2.15 bits per heavy atom. The summed E-state index contributed by atoms with van der Waals surface area (Å²) in [5.74, 6) is 0.522. The summed E-state index contributed by atoms with van der Waals surface area (Å²) in [6.07, 6.45) is 1.82. The Labute approximate surface area is 95.3 Å². The Hall–Kier alpha value is -0.350. The second kappa shape index (κ2) is 3.80. The van der Waals surface area contributed by atoms with E-state index in [9.17, 15) is 0 Å². The molecule has 0 N–H and O–H groups in total. The number of halogens is 2. The summed E-state index contributed by atoms with van der Waals surface area (Å²) in [5.41, 5.74) is 2.09. The number of fused-ring (bicyclic) bond motifs is 1. The quantitative estimate of drug-likeness (QED) is 0.580. The van der Waals surface area contributed by atoms with E-state index in [4.69, 9.17) is 11.6 Å². The molecule has 3 heteroatoms. The lowest BCUT2D eigenvalue weighted by Gasteiger charge is -1.99. The topological polar surface area (TPSA) is 12.9 Å². The highest BCUT2D eigenvalue weighted by molar-refractivity contribution is 14.1. The van der Waals surface area contributed by atoms with E-state index < -0.39 is 0 Å². The molecule has 0 aliphatic heterocycles. The summed E-state index contributed by atoms with van der Waals surface area (Å²) in [6, 6.07) is 8.27. The third-order valence-corrected chi connectivity index (χ3v) is 2.83. The fourth-order valence-electron chi connectivity index (χ4n) is 1.22. The monoisotopic (exact) mass is 303 g/mol. The van der Waals surface area contributed by atoms with E-state index in [0.717, 1.165) is 16.5 Å². The minimum absolute atomic E-state index is 0.522. The van der Waals surface area contributed by atoms with Crippen LogP contribution < -0.4 is 0 Å². The van der Waals surface area contributed by atoms with Crippen LogP contribution in [0, 0.1) is 3.57 Å². The van der Waals surface area contributed by atoms with E-state index in [0.29, 0.717) is 5.88 Å². The van der Waals surface area contributed by atoms with Gasteiger partial charge in [0, 0.05) is 21.0 Å². The average molecular weight is 304 g/mol. The highest BCUT2D eigenvalue weighted by atomic mass is 127. The predicted octanol–water partition coefficient (Wildman–Crippen LogP) is 3.58. The van der Waals surface area contributed by atoms with Crippen molar-refractivity contribution in [1.82, 2.24) is 4.98 Å². The van der Waals surface area contributed by atoms with Gasteiger partial charge in [-0.25, -0.2) is 0 Å². The Balaban J connectivity index is 2.68. The number of aromatic nitrogens is 1. The van der Waals surface area contributed by atoms with Crippen LogP contribution in [-0.4, -0.2) is 4.98 Å². The van der Waals surface area contributed by atoms with Gasteiger partial charge in [0.2, 0.25) is 0 Å². The van der Waals surface area contributed by atoms with Gasteiger partial charge in [0.05, 0.1) is 5.52 Å². The minimum atomic E-state index is 0.522. The molecule has 66 valence electrons. The first kappa shape index (κ1) is 9.21. The maximum atomic E-state index is 5.73. The van der Waals surface area contributed by atoms with E-state index in [1.54, 1.807) is 0 Å². The lowest BCUT2D eigenvalue weighted by atomic mass is 10.2. The molecular weight excluding hydrogens is 296 g/mol. The van der Waals surface area contributed by atoms with Crippen molar-refractivity contribution in [2.75, 3.05) is 0 Å². The molecule has 0 saturated carbocycles. The van der Waals surface area contributed by atoms with Crippen molar-refractivity contribution in [1.29, 1.82) is 0 Å². The van der Waals surface area contributed by atoms with Gasteiger partial charge in [-0.3, -0.25) is 4.98 Å². The molecule has 0 amide bonds. The van der Waals surface area contributed by atoms with Crippen molar-refractivity contribution in [3.8, 4) is 0 Å². The van der Waals surface area contributed by atoms with Gasteiger partial charge in [0.1, 0.15) is 0 Å². The lowest BCUT2D eigenvalue weighted by molar-refractivity contribution is 1.30. The Bertz CT molecular complexity index is 442. The van der Waals surface area contributed by atoms with Crippen molar-refractivity contribution < 1.29 is 0 Å². The predicted molar refractivity (Wildman–Crippen MR) is 64.0 cm³/mol. The number of nitrogens with zero attached hydrogens (tertiary/aromatic N) is 1. The van der Waals surface area contributed by atoms with Crippen LogP contribution in [0.3, 0.4) is 0 Å². The zero-order valence-corrected chi connectivity index (χ0v) is 9.71. The van der Waals surface area contributed by atoms with Crippen molar-refractivity contribution >= 4 is 45.1 Å². The van der Waals surface area contributed by atoms with Crippen LogP contribution in [0.15, 0.2) is 30.5 Å². The van der Waals surface area contributed by atoms with Gasteiger partial charge in [0.15, 0.2) is 0 Å². The molecule has 2 rings (SSSR count). The van der Waals surface area contributed by atoms with Gasteiger partial charge in [-0.1, -0.05) is 0 Å². The number of pyridine rings is 1. The molecule has 0 radical (unpaired) electrons. The van der Waals surface area contributed by atoms with Gasteiger partial charge in [-0.15, -0.1) is 11.6 Å². The van der Waals surface area contributed by atoms with Gasteiger partial charge in [-0.05, 0) is 52.4 Å². The molecule has 1 nitrogen and oxygen atoms in total. The molecule has 13 heavy (non-hydrogen) atoms. The fourth-order valence-corrected chi connectivity index (χ4v) is 1.88. The zero-order chi connectivity index (χ0) is 9.26. The summed E-state index contributed by atoms with van der Waals surface area (Å²) >= 11 is 8.02. The molecule has 0 saturated heterocycles. The maximum Gasteiger partial charge on any atom is 0.0702 e. The van der Waals surface area contributed by atoms with Crippen LogP contribution in [0.1, 0.15) is 5.56 Å². The summed E-state index contributed by atoms with van der Waals surface area (Å²) in [6.45, 7) is 0. The van der Waals surface area contributed by atoms with Crippen molar-refractivity contribution in [2.24, 2.45) is 0 Å². The molecule has 0 bridgehead atoms.